The Labute approximate surface area is 167 Å². The van der Waals surface area contributed by atoms with Crippen LogP contribution in [0.5, 0.6) is 0 Å². The highest BCUT2D eigenvalue weighted by Crippen LogP contribution is 2.32. The fourth-order valence-electron chi connectivity index (χ4n) is 3.27. The molecule has 0 radical (unpaired) electrons. The van der Waals surface area contributed by atoms with Gasteiger partial charge in [-0.15, -0.1) is 11.8 Å². The van der Waals surface area contributed by atoms with Crippen molar-refractivity contribution in [3.8, 4) is 0 Å². The summed E-state index contributed by atoms with van der Waals surface area (Å²) < 4.78 is 27.6. The Morgan fingerprint density at radius 1 is 1.14 bits per heavy atom. The van der Waals surface area contributed by atoms with E-state index in [4.69, 9.17) is 0 Å². The Morgan fingerprint density at radius 2 is 1.93 bits per heavy atom. The monoisotopic (exact) mass is 417 g/mol. The fraction of sp³-hybridized carbons (Fsp3) is 0.263. The molecule has 2 aromatic carbocycles. The Hall–Kier alpha value is -2.36. The first kappa shape index (κ1) is 19.0. The third kappa shape index (κ3) is 3.65. The van der Waals surface area contributed by atoms with Gasteiger partial charge in [-0.2, -0.15) is 4.31 Å². The number of carbonyl (C=O) groups excluding carboxylic acids is 2. The summed E-state index contributed by atoms with van der Waals surface area (Å²) >= 11 is 1.41. The van der Waals surface area contributed by atoms with E-state index >= 15 is 0 Å². The molecule has 28 heavy (non-hydrogen) atoms. The molecule has 0 aromatic heterocycles. The fourth-order valence-corrected chi connectivity index (χ4v) is 6.47. The largest absolute Gasteiger partial charge is 0.326 e. The average molecular weight is 418 g/mol. The molecule has 1 atom stereocenters. The zero-order valence-electron chi connectivity index (χ0n) is 14.9. The molecule has 1 saturated heterocycles. The first-order chi connectivity index (χ1) is 13.4. The van der Waals surface area contributed by atoms with E-state index in [2.05, 4.69) is 10.6 Å². The maximum Gasteiger partial charge on any atom is 0.244 e. The predicted octanol–water partition coefficient (Wildman–Crippen LogP) is 2.27. The Kier molecular flexibility index (Phi) is 5.13. The minimum Gasteiger partial charge on any atom is -0.326 e. The van der Waals surface area contributed by atoms with Gasteiger partial charge in [-0.3, -0.25) is 9.59 Å². The lowest BCUT2D eigenvalue weighted by atomic mass is 10.0. The minimum absolute atomic E-state index is 0.0725. The van der Waals surface area contributed by atoms with Crippen molar-refractivity contribution < 1.29 is 18.0 Å². The summed E-state index contributed by atoms with van der Waals surface area (Å²) in [6.07, 6.45) is 0.829. The standard InChI is InChI=1S/C19H19N3O4S2/c23-18-9-6-13-10-15(7-8-16(13)21-18)28(25,26)22-12-27-11-17(22)19(24)20-14-4-2-1-3-5-14/h1-5,7-8,10,17H,6,9,11-12H2,(H,20,24)(H,21,23)/t17-/m0/s1. The topological polar surface area (TPSA) is 95.6 Å². The maximum absolute atomic E-state index is 13.2. The summed E-state index contributed by atoms with van der Waals surface area (Å²) in [5.41, 5.74) is 2.06. The van der Waals surface area contributed by atoms with Crippen molar-refractivity contribution in [1.29, 1.82) is 0 Å². The van der Waals surface area contributed by atoms with Crippen LogP contribution in [0.1, 0.15) is 12.0 Å². The summed E-state index contributed by atoms with van der Waals surface area (Å²) in [6.45, 7) is 0. The Balaban J connectivity index is 1.58. The number of fused-ring (bicyclic) bond motifs is 1. The van der Waals surface area contributed by atoms with Crippen LogP contribution in [-0.4, -0.2) is 42.2 Å². The van der Waals surface area contributed by atoms with E-state index in [1.807, 2.05) is 6.07 Å². The highest BCUT2D eigenvalue weighted by molar-refractivity contribution is 8.00. The lowest BCUT2D eigenvalue weighted by Gasteiger charge is -2.24. The predicted molar refractivity (Wildman–Crippen MR) is 109 cm³/mol. The number of rotatable bonds is 4. The SMILES string of the molecule is O=C1CCc2cc(S(=O)(=O)N3CSC[C@H]3C(=O)Nc3ccccc3)ccc2N1. The molecular weight excluding hydrogens is 398 g/mol. The van der Waals surface area contributed by atoms with Crippen LogP contribution in [0.2, 0.25) is 0 Å². The number of thioether (sulfide) groups is 1. The highest BCUT2D eigenvalue weighted by Gasteiger charge is 2.40. The number of anilines is 2. The second kappa shape index (κ2) is 7.57. The first-order valence-electron chi connectivity index (χ1n) is 8.83. The third-order valence-corrected chi connectivity index (χ3v) is 7.79. The molecule has 2 amide bonds. The van der Waals surface area contributed by atoms with Crippen LogP contribution in [0.15, 0.2) is 53.4 Å². The van der Waals surface area contributed by atoms with E-state index in [1.54, 1.807) is 36.4 Å². The van der Waals surface area contributed by atoms with Crippen LogP contribution in [-0.2, 0) is 26.0 Å². The van der Waals surface area contributed by atoms with Crippen LogP contribution < -0.4 is 10.6 Å². The van der Waals surface area contributed by atoms with Crippen LogP contribution in [0.3, 0.4) is 0 Å². The normalized spacial score (nSPS) is 19.7. The number of hydrogen-bond acceptors (Lipinski definition) is 5. The molecule has 4 rings (SSSR count). The van der Waals surface area contributed by atoms with Crippen LogP contribution in [0, 0.1) is 0 Å². The molecule has 0 saturated carbocycles. The number of nitrogens with zero attached hydrogens (tertiary/aromatic N) is 1. The van der Waals surface area contributed by atoms with Gasteiger partial charge in [0, 0.05) is 23.5 Å². The molecule has 9 heteroatoms. The lowest BCUT2D eigenvalue weighted by molar-refractivity contribution is -0.119. The van der Waals surface area contributed by atoms with Crippen molar-refractivity contribution in [3.63, 3.8) is 0 Å². The van der Waals surface area contributed by atoms with Gasteiger partial charge in [0.15, 0.2) is 0 Å². The molecule has 0 unspecified atom stereocenters. The average Bonchev–Trinajstić information content (AvgIpc) is 3.19. The van der Waals surface area contributed by atoms with Crippen LogP contribution in [0.4, 0.5) is 11.4 Å². The third-order valence-electron chi connectivity index (χ3n) is 4.76. The molecule has 146 valence electrons. The van der Waals surface area contributed by atoms with E-state index in [0.29, 0.717) is 30.0 Å². The van der Waals surface area contributed by atoms with Gasteiger partial charge < -0.3 is 10.6 Å². The first-order valence-corrected chi connectivity index (χ1v) is 11.4. The number of hydrogen-bond donors (Lipinski definition) is 2. The molecule has 0 spiro atoms. The van der Waals surface area contributed by atoms with E-state index in [0.717, 1.165) is 5.56 Å². The van der Waals surface area contributed by atoms with Gasteiger partial charge in [0.05, 0.1) is 10.8 Å². The van der Waals surface area contributed by atoms with Gasteiger partial charge in [0.1, 0.15) is 6.04 Å². The van der Waals surface area contributed by atoms with Crippen molar-refractivity contribution in [2.45, 2.75) is 23.8 Å². The summed E-state index contributed by atoms with van der Waals surface area (Å²) in [6, 6.07) is 12.9. The van der Waals surface area contributed by atoms with E-state index < -0.39 is 16.1 Å². The van der Waals surface area contributed by atoms with Gasteiger partial charge in [-0.1, -0.05) is 18.2 Å². The van der Waals surface area contributed by atoms with Gasteiger partial charge in [-0.05, 0) is 42.3 Å². The summed E-state index contributed by atoms with van der Waals surface area (Å²) in [4.78, 5) is 24.3. The molecular formula is C19H19N3O4S2. The van der Waals surface area contributed by atoms with Crippen LogP contribution >= 0.6 is 11.8 Å². The zero-order valence-corrected chi connectivity index (χ0v) is 16.6. The number of para-hydroxylation sites is 1. The van der Waals surface area contributed by atoms with E-state index in [-0.39, 0.29) is 22.6 Å². The van der Waals surface area contributed by atoms with Crippen molar-refractivity contribution in [2.24, 2.45) is 0 Å². The molecule has 0 bridgehead atoms. The van der Waals surface area contributed by atoms with Crippen LogP contribution in [0.25, 0.3) is 0 Å². The molecule has 2 aromatic rings. The van der Waals surface area contributed by atoms with Crippen molar-refractivity contribution in [1.82, 2.24) is 4.31 Å². The number of sulfonamides is 1. The van der Waals surface area contributed by atoms with Crippen molar-refractivity contribution in [2.75, 3.05) is 22.3 Å². The molecule has 1 fully saturated rings. The zero-order chi connectivity index (χ0) is 19.7. The molecule has 2 N–H and O–H groups in total. The highest BCUT2D eigenvalue weighted by atomic mass is 32.2. The van der Waals surface area contributed by atoms with Crippen molar-refractivity contribution >= 4 is 45.0 Å². The lowest BCUT2D eigenvalue weighted by Crippen LogP contribution is -2.44. The second-order valence-corrected chi connectivity index (χ2v) is 9.52. The Bertz CT molecular complexity index is 1020. The molecule has 7 nitrogen and oxygen atoms in total. The van der Waals surface area contributed by atoms with Crippen molar-refractivity contribution in [3.05, 3.63) is 54.1 Å². The smallest absolute Gasteiger partial charge is 0.244 e. The van der Waals surface area contributed by atoms with Gasteiger partial charge in [-0.25, -0.2) is 8.42 Å². The minimum atomic E-state index is -3.83. The number of benzene rings is 2. The number of nitrogens with one attached hydrogen (secondary N) is 2. The summed E-state index contributed by atoms with van der Waals surface area (Å²) in [7, 11) is -3.83. The van der Waals surface area contributed by atoms with Gasteiger partial charge in [0.2, 0.25) is 21.8 Å². The number of amides is 2. The Morgan fingerprint density at radius 3 is 2.71 bits per heavy atom. The van der Waals surface area contributed by atoms with E-state index in [1.165, 1.54) is 22.1 Å². The number of carbonyl (C=O) groups is 2. The van der Waals surface area contributed by atoms with Gasteiger partial charge in [0.25, 0.3) is 0 Å². The van der Waals surface area contributed by atoms with E-state index in [9.17, 15) is 18.0 Å². The second-order valence-electron chi connectivity index (χ2n) is 6.63. The molecule has 2 aliphatic rings. The summed E-state index contributed by atoms with van der Waals surface area (Å²) in [5, 5.41) is 5.53. The van der Waals surface area contributed by atoms with Gasteiger partial charge >= 0.3 is 0 Å². The quantitative estimate of drug-likeness (QED) is 0.796. The molecule has 2 heterocycles. The summed E-state index contributed by atoms with van der Waals surface area (Å²) in [5.74, 6) is 0.212. The molecule has 0 aliphatic carbocycles. The number of aryl methyl sites for hydroxylation is 1. The molecule has 2 aliphatic heterocycles. The maximum atomic E-state index is 13.2.